The van der Waals surface area contributed by atoms with Gasteiger partial charge in [0.05, 0.1) is 17.8 Å². The highest BCUT2D eigenvalue weighted by Gasteiger charge is 2.17. The maximum atomic E-state index is 12.8. The summed E-state index contributed by atoms with van der Waals surface area (Å²) in [7, 11) is 0. The number of aryl methyl sites for hydroxylation is 1. The zero-order chi connectivity index (χ0) is 21.6. The number of carbonyl (C=O) groups excluding carboxylic acids is 1. The Morgan fingerprint density at radius 1 is 0.935 bits per heavy atom. The first-order chi connectivity index (χ1) is 15.1. The molecule has 31 heavy (non-hydrogen) atoms. The Morgan fingerprint density at radius 2 is 1.61 bits per heavy atom. The Bertz CT molecular complexity index is 1020. The number of amides is 1. The molecule has 0 bridgehead atoms. The van der Waals surface area contributed by atoms with Crippen LogP contribution in [-0.4, -0.2) is 33.7 Å². The number of rotatable bonds is 7. The molecule has 0 radical (unpaired) electrons. The smallest absolute Gasteiger partial charge is 0.224 e. The zero-order valence-corrected chi connectivity index (χ0v) is 18.6. The SMILES string of the molecule is Cc1nn(-c2ccccc2)c(C)c1CC(=O)NCc1ccccc1CN1CCCCC1. The maximum absolute atomic E-state index is 12.8. The lowest BCUT2D eigenvalue weighted by atomic mass is 10.0. The average Bonchev–Trinajstić information content (AvgIpc) is 3.08. The highest BCUT2D eigenvalue weighted by atomic mass is 16.1. The Kier molecular flexibility index (Phi) is 6.82. The van der Waals surface area contributed by atoms with Gasteiger partial charge in [0.1, 0.15) is 0 Å². The molecule has 4 rings (SSSR count). The lowest BCUT2D eigenvalue weighted by Gasteiger charge is -2.27. The number of nitrogens with zero attached hydrogens (tertiary/aromatic N) is 3. The Morgan fingerprint density at radius 3 is 2.35 bits per heavy atom. The van der Waals surface area contributed by atoms with Gasteiger partial charge in [-0.15, -0.1) is 0 Å². The van der Waals surface area contributed by atoms with E-state index in [2.05, 4.69) is 39.6 Å². The Balaban J connectivity index is 1.40. The standard InChI is InChI=1S/C26H32N4O/c1-20-25(21(2)30(28-20)24-13-5-3-6-14-24)17-26(31)27-18-22-11-7-8-12-23(22)19-29-15-9-4-10-16-29/h3,5-8,11-14H,4,9-10,15-19H2,1-2H3,(H,27,31). The molecule has 1 saturated heterocycles. The van der Waals surface area contributed by atoms with Gasteiger partial charge in [-0.1, -0.05) is 48.9 Å². The van der Waals surface area contributed by atoms with Gasteiger partial charge in [-0.3, -0.25) is 9.69 Å². The summed E-state index contributed by atoms with van der Waals surface area (Å²) in [5, 5.41) is 7.80. The maximum Gasteiger partial charge on any atom is 0.224 e. The first-order valence-corrected chi connectivity index (χ1v) is 11.3. The van der Waals surface area contributed by atoms with Gasteiger partial charge in [0.15, 0.2) is 0 Å². The molecule has 2 aromatic carbocycles. The highest BCUT2D eigenvalue weighted by Crippen LogP contribution is 2.19. The third-order valence-corrected chi connectivity index (χ3v) is 6.22. The first kappa shape index (κ1) is 21.3. The van der Waals surface area contributed by atoms with E-state index < -0.39 is 0 Å². The minimum atomic E-state index is 0.0339. The van der Waals surface area contributed by atoms with Crippen LogP contribution in [0, 0.1) is 13.8 Å². The lowest BCUT2D eigenvalue weighted by molar-refractivity contribution is -0.120. The molecule has 1 aliphatic rings. The predicted octanol–water partition coefficient (Wildman–Crippen LogP) is 4.33. The summed E-state index contributed by atoms with van der Waals surface area (Å²) in [6.45, 7) is 7.88. The number of piperidine rings is 1. The summed E-state index contributed by atoms with van der Waals surface area (Å²) in [4.78, 5) is 15.3. The molecule has 0 atom stereocenters. The minimum absolute atomic E-state index is 0.0339. The second-order valence-corrected chi connectivity index (χ2v) is 8.46. The Hall–Kier alpha value is -2.92. The van der Waals surface area contributed by atoms with E-state index in [4.69, 9.17) is 0 Å². The molecule has 2 heterocycles. The van der Waals surface area contributed by atoms with E-state index in [1.165, 1.54) is 43.5 Å². The van der Waals surface area contributed by atoms with Crippen molar-refractivity contribution in [2.24, 2.45) is 0 Å². The lowest BCUT2D eigenvalue weighted by Crippen LogP contribution is -2.30. The topological polar surface area (TPSA) is 50.2 Å². The van der Waals surface area contributed by atoms with Crippen molar-refractivity contribution in [1.29, 1.82) is 0 Å². The molecule has 0 spiro atoms. The van der Waals surface area contributed by atoms with Gasteiger partial charge in [0.2, 0.25) is 5.91 Å². The van der Waals surface area contributed by atoms with E-state index in [0.717, 1.165) is 29.2 Å². The molecule has 0 saturated carbocycles. The van der Waals surface area contributed by atoms with Crippen molar-refractivity contribution in [1.82, 2.24) is 20.0 Å². The summed E-state index contributed by atoms with van der Waals surface area (Å²) in [5.41, 5.74) is 6.46. The van der Waals surface area contributed by atoms with Crippen molar-refractivity contribution >= 4 is 5.91 Å². The van der Waals surface area contributed by atoms with Crippen LogP contribution in [0.1, 0.15) is 47.3 Å². The van der Waals surface area contributed by atoms with E-state index in [0.29, 0.717) is 13.0 Å². The van der Waals surface area contributed by atoms with Crippen LogP contribution in [0.4, 0.5) is 0 Å². The minimum Gasteiger partial charge on any atom is -0.352 e. The summed E-state index contributed by atoms with van der Waals surface area (Å²) >= 11 is 0. The fourth-order valence-electron chi connectivity index (χ4n) is 4.41. The van der Waals surface area contributed by atoms with Crippen molar-refractivity contribution in [2.45, 2.75) is 52.6 Å². The normalized spacial score (nSPS) is 14.5. The number of aromatic nitrogens is 2. The molecule has 5 heteroatoms. The van der Waals surface area contributed by atoms with E-state index in [1.807, 2.05) is 48.9 Å². The number of nitrogens with one attached hydrogen (secondary N) is 1. The fourth-order valence-corrected chi connectivity index (χ4v) is 4.41. The van der Waals surface area contributed by atoms with Crippen molar-refractivity contribution in [3.63, 3.8) is 0 Å². The number of carbonyl (C=O) groups is 1. The second kappa shape index (κ2) is 9.92. The van der Waals surface area contributed by atoms with E-state index in [9.17, 15) is 4.79 Å². The van der Waals surface area contributed by atoms with Crippen molar-refractivity contribution in [3.8, 4) is 5.69 Å². The molecule has 3 aromatic rings. The van der Waals surface area contributed by atoms with Crippen LogP contribution in [-0.2, 0) is 24.3 Å². The van der Waals surface area contributed by atoms with Crippen molar-refractivity contribution < 1.29 is 4.79 Å². The van der Waals surface area contributed by atoms with Crippen LogP contribution < -0.4 is 5.32 Å². The van der Waals surface area contributed by atoms with Gasteiger partial charge in [0.25, 0.3) is 0 Å². The molecule has 5 nitrogen and oxygen atoms in total. The van der Waals surface area contributed by atoms with Crippen LogP contribution in [0.5, 0.6) is 0 Å². The summed E-state index contributed by atoms with van der Waals surface area (Å²) in [5.74, 6) is 0.0339. The molecular weight excluding hydrogens is 384 g/mol. The third kappa shape index (κ3) is 5.23. The summed E-state index contributed by atoms with van der Waals surface area (Å²) < 4.78 is 1.92. The number of para-hydroxylation sites is 1. The van der Waals surface area contributed by atoms with E-state index in [1.54, 1.807) is 0 Å². The zero-order valence-electron chi connectivity index (χ0n) is 18.6. The van der Waals surface area contributed by atoms with Crippen LogP contribution in [0.3, 0.4) is 0 Å². The van der Waals surface area contributed by atoms with Gasteiger partial charge in [-0.05, 0) is 63.0 Å². The van der Waals surface area contributed by atoms with Crippen LogP contribution in [0.2, 0.25) is 0 Å². The number of hydrogen-bond donors (Lipinski definition) is 1. The monoisotopic (exact) mass is 416 g/mol. The number of benzene rings is 2. The van der Waals surface area contributed by atoms with Gasteiger partial charge < -0.3 is 5.32 Å². The average molecular weight is 417 g/mol. The molecule has 0 aliphatic carbocycles. The van der Waals surface area contributed by atoms with Gasteiger partial charge in [0, 0.05) is 24.3 Å². The van der Waals surface area contributed by atoms with E-state index >= 15 is 0 Å². The molecule has 162 valence electrons. The fraction of sp³-hybridized carbons (Fsp3) is 0.385. The molecule has 1 amide bonds. The predicted molar refractivity (Wildman–Crippen MR) is 124 cm³/mol. The summed E-state index contributed by atoms with van der Waals surface area (Å²) in [6, 6.07) is 18.5. The van der Waals surface area contributed by atoms with Gasteiger partial charge in [-0.25, -0.2) is 4.68 Å². The second-order valence-electron chi connectivity index (χ2n) is 8.46. The number of hydrogen-bond acceptors (Lipinski definition) is 3. The van der Waals surface area contributed by atoms with Crippen LogP contribution >= 0.6 is 0 Å². The highest BCUT2D eigenvalue weighted by molar-refractivity contribution is 5.79. The third-order valence-electron chi connectivity index (χ3n) is 6.22. The first-order valence-electron chi connectivity index (χ1n) is 11.3. The molecule has 0 unspecified atom stereocenters. The summed E-state index contributed by atoms with van der Waals surface area (Å²) in [6.07, 6.45) is 4.26. The number of likely N-dealkylation sites (tertiary alicyclic amines) is 1. The van der Waals surface area contributed by atoms with Crippen molar-refractivity contribution in [3.05, 3.63) is 82.7 Å². The van der Waals surface area contributed by atoms with Crippen LogP contribution in [0.25, 0.3) is 5.69 Å². The van der Waals surface area contributed by atoms with Crippen LogP contribution in [0.15, 0.2) is 54.6 Å². The molecule has 1 aromatic heterocycles. The van der Waals surface area contributed by atoms with Gasteiger partial charge in [-0.2, -0.15) is 5.10 Å². The quantitative estimate of drug-likeness (QED) is 0.624. The molecule has 1 fully saturated rings. The van der Waals surface area contributed by atoms with E-state index in [-0.39, 0.29) is 5.91 Å². The molecular formula is C26H32N4O. The molecule has 1 N–H and O–H groups in total. The van der Waals surface area contributed by atoms with Gasteiger partial charge >= 0.3 is 0 Å². The molecule has 1 aliphatic heterocycles. The Labute approximate surface area is 185 Å². The largest absolute Gasteiger partial charge is 0.352 e. The van der Waals surface area contributed by atoms with Crippen molar-refractivity contribution in [2.75, 3.05) is 13.1 Å².